The lowest BCUT2D eigenvalue weighted by Crippen LogP contribution is -3.00. The Morgan fingerprint density at radius 1 is 0.680 bits per heavy atom. The Kier molecular flexibility index (Phi) is 9.59. The summed E-state index contributed by atoms with van der Waals surface area (Å²) in [6.45, 7) is 3.92. The van der Waals surface area contributed by atoms with Crippen LogP contribution in [0.4, 0.5) is 0 Å². The number of fused-ring (bicyclic) bond motifs is 2. The second-order valence-electron chi connectivity index (χ2n) is 5.30. The summed E-state index contributed by atoms with van der Waals surface area (Å²) in [6.07, 6.45) is 0. The largest absolute Gasteiger partial charge is 1.00 e. The summed E-state index contributed by atoms with van der Waals surface area (Å²) in [5.41, 5.74) is 4.19. The molecular formula is C18H23I2N2O3+. The molecule has 0 bridgehead atoms. The SMILES string of the molecule is Cc1oc2ccccc2[n+]1C.Cc1oc2ccccc2[n+]1C.I.O.[I-]. The zero-order chi connectivity index (χ0) is 15.7. The Balaban J connectivity index is 0.000000411. The molecule has 7 heteroatoms. The summed E-state index contributed by atoms with van der Waals surface area (Å²) in [7, 11) is 4.00. The maximum Gasteiger partial charge on any atom is 0.344 e. The van der Waals surface area contributed by atoms with Crippen LogP contribution in [0.5, 0.6) is 0 Å². The van der Waals surface area contributed by atoms with Gasteiger partial charge in [0.1, 0.15) is 14.1 Å². The minimum Gasteiger partial charge on any atom is -1.00 e. The van der Waals surface area contributed by atoms with Crippen LogP contribution < -0.4 is 33.1 Å². The van der Waals surface area contributed by atoms with Crippen LogP contribution in [0.3, 0.4) is 0 Å². The highest BCUT2D eigenvalue weighted by Crippen LogP contribution is 2.11. The Bertz CT molecular complexity index is 870. The van der Waals surface area contributed by atoms with E-state index >= 15 is 0 Å². The zero-order valence-corrected chi connectivity index (χ0v) is 19.1. The standard InChI is InChI=1S/2C9H10NO.2HI.H2O/c2*1-7-10(2)8-5-3-4-6-9(8)11-7;;;/h2*3-6H,1-2H3;2*1H;1H2/q2*+1;;;/p-1. The third-order valence-electron chi connectivity index (χ3n) is 3.91. The fourth-order valence-electron chi connectivity index (χ4n) is 2.44. The molecule has 0 aliphatic carbocycles. The molecule has 2 N–H and O–H groups in total. The molecule has 0 saturated carbocycles. The number of benzene rings is 2. The van der Waals surface area contributed by atoms with E-state index in [-0.39, 0.29) is 53.4 Å². The van der Waals surface area contributed by atoms with Gasteiger partial charge in [-0.2, -0.15) is 9.13 Å². The van der Waals surface area contributed by atoms with Crippen LogP contribution in [0.25, 0.3) is 22.2 Å². The molecule has 0 amide bonds. The molecule has 0 aliphatic rings. The molecule has 2 aromatic heterocycles. The number of hydrogen-bond acceptors (Lipinski definition) is 2. The van der Waals surface area contributed by atoms with E-state index < -0.39 is 0 Å². The van der Waals surface area contributed by atoms with E-state index in [9.17, 15) is 0 Å². The lowest BCUT2D eigenvalue weighted by atomic mass is 10.3. The molecule has 25 heavy (non-hydrogen) atoms. The van der Waals surface area contributed by atoms with Gasteiger partial charge < -0.3 is 38.3 Å². The number of hydrogen-bond donors (Lipinski definition) is 0. The third-order valence-corrected chi connectivity index (χ3v) is 3.91. The van der Waals surface area contributed by atoms with Crippen molar-refractivity contribution < 1.29 is 47.4 Å². The molecule has 0 spiro atoms. The Morgan fingerprint density at radius 3 is 1.32 bits per heavy atom. The number of oxazole rings is 2. The first-order valence-corrected chi connectivity index (χ1v) is 7.26. The molecule has 0 aliphatic heterocycles. The molecule has 5 nitrogen and oxygen atoms in total. The number of rotatable bonds is 0. The predicted octanol–water partition coefficient (Wildman–Crippen LogP) is -0.0713. The lowest BCUT2D eigenvalue weighted by Gasteiger charge is -1.79. The molecular weight excluding hydrogens is 546 g/mol. The molecule has 0 radical (unpaired) electrons. The average Bonchev–Trinajstić information content (AvgIpc) is 2.98. The van der Waals surface area contributed by atoms with Gasteiger partial charge in [0, 0.05) is 12.1 Å². The van der Waals surface area contributed by atoms with Crippen molar-refractivity contribution >= 4 is 46.2 Å². The van der Waals surface area contributed by atoms with Crippen molar-refractivity contribution in [3.63, 3.8) is 0 Å². The molecule has 4 rings (SSSR count). The van der Waals surface area contributed by atoms with Gasteiger partial charge in [-0.3, -0.25) is 0 Å². The van der Waals surface area contributed by atoms with E-state index in [1.54, 1.807) is 0 Å². The van der Waals surface area contributed by atoms with Crippen LogP contribution >= 0.6 is 24.0 Å². The fourth-order valence-corrected chi connectivity index (χ4v) is 2.44. The van der Waals surface area contributed by atoms with Crippen LogP contribution in [0.2, 0.25) is 0 Å². The average molecular weight is 569 g/mol. The molecule has 0 unspecified atom stereocenters. The van der Waals surface area contributed by atoms with Crippen molar-refractivity contribution in [1.29, 1.82) is 0 Å². The van der Waals surface area contributed by atoms with Crippen molar-refractivity contribution in [2.75, 3.05) is 0 Å². The molecule has 2 heterocycles. The molecule has 4 aromatic rings. The van der Waals surface area contributed by atoms with Gasteiger partial charge in [0.05, 0.1) is 13.8 Å². The summed E-state index contributed by atoms with van der Waals surface area (Å²) in [4.78, 5) is 0. The maximum atomic E-state index is 5.46. The smallest absolute Gasteiger partial charge is 0.344 e. The van der Waals surface area contributed by atoms with Crippen molar-refractivity contribution in [2.45, 2.75) is 13.8 Å². The van der Waals surface area contributed by atoms with E-state index in [4.69, 9.17) is 8.83 Å². The van der Waals surface area contributed by atoms with Gasteiger partial charge in [-0.15, -0.1) is 24.0 Å². The van der Waals surface area contributed by atoms with Crippen LogP contribution in [-0.4, -0.2) is 5.48 Å². The fraction of sp³-hybridized carbons (Fsp3) is 0.222. The van der Waals surface area contributed by atoms with Crippen LogP contribution in [0, 0.1) is 13.8 Å². The Hall–Kier alpha value is -1.20. The van der Waals surface area contributed by atoms with Gasteiger partial charge in [0.25, 0.3) is 11.0 Å². The highest BCUT2D eigenvalue weighted by molar-refractivity contribution is 14.0. The van der Waals surface area contributed by atoms with Gasteiger partial charge >= 0.3 is 11.8 Å². The first-order chi connectivity index (χ1) is 10.6. The topological polar surface area (TPSA) is 65.5 Å². The number of nitrogens with zero attached hydrogens (tertiary/aromatic N) is 2. The van der Waals surface area contributed by atoms with Gasteiger partial charge in [-0.05, 0) is 12.1 Å². The number of aryl methyl sites for hydroxylation is 4. The van der Waals surface area contributed by atoms with Gasteiger partial charge in [-0.25, -0.2) is 0 Å². The van der Waals surface area contributed by atoms with Gasteiger partial charge in [-0.1, -0.05) is 24.3 Å². The van der Waals surface area contributed by atoms with Crippen LogP contribution in [0.1, 0.15) is 11.8 Å². The first-order valence-electron chi connectivity index (χ1n) is 7.26. The monoisotopic (exact) mass is 569 g/mol. The summed E-state index contributed by atoms with van der Waals surface area (Å²) in [6, 6.07) is 16.0. The van der Waals surface area contributed by atoms with Crippen LogP contribution in [0.15, 0.2) is 57.4 Å². The molecule has 2 aromatic carbocycles. The second kappa shape index (κ2) is 10.1. The van der Waals surface area contributed by atoms with Gasteiger partial charge in [0.2, 0.25) is 11.2 Å². The Morgan fingerprint density at radius 2 is 1.00 bits per heavy atom. The van der Waals surface area contributed by atoms with Crippen LogP contribution in [-0.2, 0) is 14.1 Å². The van der Waals surface area contributed by atoms with E-state index in [1.165, 1.54) is 0 Å². The summed E-state index contributed by atoms with van der Waals surface area (Å²) in [5, 5.41) is 0. The summed E-state index contributed by atoms with van der Waals surface area (Å²) >= 11 is 0. The highest BCUT2D eigenvalue weighted by Gasteiger charge is 2.13. The number of para-hydroxylation sites is 4. The quantitative estimate of drug-likeness (QED) is 0.220. The second-order valence-corrected chi connectivity index (χ2v) is 5.30. The van der Waals surface area contributed by atoms with Gasteiger partial charge in [0.15, 0.2) is 0 Å². The summed E-state index contributed by atoms with van der Waals surface area (Å²) in [5.74, 6) is 1.87. The predicted molar refractivity (Wildman–Crippen MR) is 103 cm³/mol. The van der Waals surface area contributed by atoms with Crippen molar-refractivity contribution in [1.82, 2.24) is 0 Å². The minimum absolute atomic E-state index is 0. The number of halogens is 2. The Labute approximate surface area is 181 Å². The van der Waals surface area contributed by atoms with E-state index in [0.29, 0.717) is 0 Å². The van der Waals surface area contributed by atoms with Crippen molar-refractivity contribution in [3.05, 3.63) is 60.3 Å². The third kappa shape index (κ3) is 4.91. The minimum atomic E-state index is 0. The number of aromatic nitrogens is 2. The normalized spacial score (nSPS) is 9.44. The van der Waals surface area contributed by atoms with Crippen molar-refractivity contribution in [3.8, 4) is 0 Å². The maximum absolute atomic E-state index is 5.46. The lowest BCUT2D eigenvalue weighted by molar-refractivity contribution is -0.657. The molecule has 0 saturated heterocycles. The zero-order valence-electron chi connectivity index (χ0n) is 14.6. The molecule has 0 atom stereocenters. The summed E-state index contributed by atoms with van der Waals surface area (Å²) < 4.78 is 15.0. The highest BCUT2D eigenvalue weighted by atomic mass is 127. The van der Waals surface area contributed by atoms with E-state index in [2.05, 4.69) is 0 Å². The first kappa shape index (κ1) is 23.8. The van der Waals surface area contributed by atoms with E-state index in [1.807, 2.05) is 85.6 Å². The molecule has 136 valence electrons. The molecule has 0 fully saturated rings. The van der Waals surface area contributed by atoms with E-state index in [0.717, 1.165) is 34.0 Å². The van der Waals surface area contributed by atoms with Crippen molar-refractivity contribution in [2.24, 2.45) is 14.1 Å².